The quantitative estimate of drug-likeness (QED) is 0.667. The number of benzene rings is 1. The maximum Gasteiger partial charge on any atom is 0.227 e. The lowest BCUT2D eigenvalue weighted by Crippen LogP contribution is -2.47. The van der Waals surface area contributed by atoms with Crippen molar-refractivity contribution < 1.29 is 9.59 Å². The summed E-state index contributed by atoms with van der Waals surface area (Å²) in [5.74, 6) is -0.256. The second-order valence-electron chi connectivity index (χ2n) is 7.20. The number of hydrogen-bond donors (Lipinski definition) is 1. The smallest absolute Gasteiger partial charge is 0.227 e. The zero-order valence-corrected chi connectivity index (χ0v) is 15.8. The van der Waals surface area contributed by atoms with Crippen LogP contribution in [-0.4, -0.2) is 41.2 Å². The molecule has 1 aliphatic carbocycles. The Morgan fingerprint density at radius 1 is 1.12 bits per heavy atom. The van der Waals surface area contributed by atoms with E-state index in [2.05, 4.69) is 0 Å². The molecule has 1 aliphatic heterocycles. The van der Waals surface area contributed by atoms with Gasteiger partial charge in [0.15, 0.2) is 0 Å². The lowest BCUT2D eigenvalue weighted by Gasteiger charge is -2.36. The second kappa shape index (κ2) is 7.94. The predicted molar refractivity (Wildman–Crippen MR) is 103 cm³/mol. The lowest BCUT2D eigenvalue weighted by molar-refractivity contribution is -0.147. The van der Waals surface area contributed by atoms with Crippen molar-refractivity contribution in [1.82, 2.24) is 9.80 Å². The predicted octanol–water partition coefficient (Wildman–Crippen LogP) is 2.60. The Labute approximate surface area is 155 Å². The second-order valence-corrected chi connectivity index (χ2v) is 7.20. The van der Waals surface area contributed by atoms with Gasteiger partial charge in [-0.2, -0.15) is 0 Å². The van der Waals surface area contributed by atoms with Gasteiger partial charge in [0.1, 0.15) is 0 Å². The molecule has 0 aromatic heterocycles. The highest BCUT2D eigenvalue weighted by Crippen LogP contribution is 2.31. The first-order chi connectivity index (χ1) is 12.5. The summed E-state index contributed by atoms with van der Waals surface area (Å²) in [6.07, 6.45) is 6.23. The summed E-state index contributed by atoms with van der Waals surface area (Å²) in [6.45, 7) is 6.67. The molecular formula is C21H29N3O2. The van der Waals surface area contributed by atoms with E-state index in [1.165, 1.54) is 5.56 Å². The Morgan fingerprint density at radius 2 is 1.81 bits per heavy atom. The number of carbonyl (C=O) groups excluding carboxylic acids is 2. The van der Waals surface area contributed by atoms with Gasteiger partial charge in [-0.05, 0) is 56.4 Å². The highest BCUT2D eigenvalue weighted by atomic mass is 16.2. The molecule has 26 heavy (non-hydrogen) atoms. The number of allylic oxidation sites excluding steroid dienone is 2. The molecule has 1 aromatic rings. The molecule has 5 heteroatoms. The molecule has 0 saturated carbocycles. The Kier molecular flexibility index (Phi) is 5.64. The molecule has 0 spiro atoms. The third-order valence-electron chi connectivity index (χ3n) is 5.70. The number of nitrogens with two attached hydrogens (primary N) is 1. The average Bonchev–Trinajstić information content (AvgIpc) is 2.67. The highest BCUT2D eigenvalue weighted by molar-refractivity contribution is 5.88. The molecule has 5 nitrogen and oxygen atoms in total. The maximum absolute atomic E-state index is 13.2. The Hall–Kier alpha value is -2.30. The summed E-state index contributed by atoms with van der Waals surface area (Å²) in [7, 11) is 0. The zero-order valence-electron chi connectivity index (χ0n) is 15.8. The number of anilines is 1. The van der Waals surface area contributed by atoms with E-state index in [-0.39, 0.29) is 23.7 Å². The van der Waals surface area contributed by atoms with Gasteiger partial charge in [-0.25, -0.2) is 0 Å². The fraction of sp³-hybridized carbons (Fsp3) is 0.524. The molecule has 0 bridgehead atoms. The van der Waals surface area contributed by atoms with Crippen LogP contribution in [0.2, 0.25) is 0 Å². The van der Waals surface area contributed by atoms with Crippen molar-refractivity contribution in [2.45, 2.75) is 39.7 Å². The maximum atomic E-state index is 13.2. The largest absolute Gasteiger partial charge is 0.399 e. The molecule has 2 atom stereocenters. The Balaban J connectivity index is 1.76. The molecule has 2 unspecified atom stereocenters. The van der Waals surface area contributed by atoms with E-state index in [0.717, 1.165) is 17.7 Å². The number of hydrogen-bond acceptors (Lipinski definition) is 3. The first-order valence-corrected chi connectivity index (χ1v) is 9.65. The van der Waals surface area contributed by atoms with Gasteiger partial charge < -0.3 is 15.5 Å². The van der Waals surface area contributed by atoms with Crippen molar-refractivity contribution in [2.75, 3.05) is 25.4 Å². The minimum absolute atomic E-state index is 0.113. The number of rotatable bonds is 4. The van der Waals surface area contributed by atoms with Gasteiger partial charge in [-0.3, -0.25) is 9.59 Å². The summed E-state index contributed by atoms with van der Waals surface area (Å²) in [4.78, 5) is 29.9. The molecule has 0 fully saturated rings. The zero-order chi connectivity index (χ0) is 18.7. The molecular weight excluding hydrogens is 326 g/mol. The first-order valence-electron chi connectivity index (χ1n) is 9.65. The van der Waals surface area contributed by atoms with Crippen LogP contribution in [0.3, 0.4) is 0 Å². The lowest BCUT2D eigenvalue weighted by atomic mass is 9.80. The summed E-state index contributed by atoms with van der Waals surface area (Å²) >= 11 is 0. The molecule has 2 aliphatic rings. The van der Waals surface area contributed by atoms with E-state index in [4.69, 9.17) is 5.73 Å². The van der Waals surface area contributed by atoms with E-state index >= 15 is 0 Å². The van der Waals surface area contributed by atoms with Gasteiger partial charge in [0.05, 0.1) is 11.8 Å². The minimum Gasteiger partial charge on any atom is -0.399 e. The van der Waals surface area contributed by atoms with Crippen LogP contribution in [0.5, 0.6) is 0 Å². The first kappa shape index (κ1) is 18.5. The van der Waals surface area contributed by atoms with Gasteiger partial charge >= 0.3 is 0 Å². The molecule has 2 amide bonds. The molecule has 0 radical (unpaired) electrons. The van der Waals surface area contributed by atoms with Crippen LogP contribution in [0.4, 0.5) is 5.69 Å². The van der Waals surface area contributed by atoms with E-state index in [1.807, 2.05) is 54.0 Å². The third-order valence-corrected chi connectivity index (χ3v) is 5.70. The normalized spacial score (nSPS) is 22.0. The summed E-state index contributed by atoms with van der Waals surface area (Å²) in [5, 5.41) is 0. The van der Waals surface area contributed by atoms with Crippen molar-refractivity contribution in [3.8, 4) is 0 Å². The summed E-state index contributed by atoms with van der Waals surface area (Å²) < 4.78 is 0. The van der Waals surface area contributed by atoms with E-state index in [1.54, 1.807) is 0 Å². The Morgan fingerprint density at radius 3 is 2.50 bits per heavy atom. The Bertz CT molecular complexity index is 709. The van der Waals surface area contributed by atoms with Crippen molar-refractivity contribution in [1.29, 1.82) is 0 Å². The SMILES string of the molecule is CCN(CC)C(=O)C1CC=CCC1C(=O)N1CCc2cc(N)ccc2C1. The van der Waals surface area contributed by atoms with Gasteiger partial charge in [-0.15, -0.1) is 0 Å². The molecule has 1 heterocycles. The average molecular weight is 355 g/mol. The minimum atomic E-state index is -0.247. The highest BCUT2D eigenvalue weighted by Gasteiger charge is 2.38. The number of carbonyl (C=O) groups is 2. The van der Waals surface area contributed by atoms with Gasteiger partial charge in [0.25, 0.3) is 0 Å². The van der Waals surface area contributed by atoms with Crippen molar-refractivity contribution >= 4 is 17.5 Å². The van der Waals surface area contributed by atoms with Crippen molar-refractivity contribution in [3.63, 3.8) is 0 Å². The monoisotopic (exact) mass is 355 g/mol. The molecule has 2 N–H and O–H groups in total. The summed E-state index contributed by atoms with van der Waals surface area (Å²) in [6, 6.07) is 5.92. The van der Waals surface area contributed by atoms with E-state index in [9.17, 15) is 9.59 Å². The number of amides is 2. The molecule has 1 aromatic carbocycles. The van der Waals surface area contributed by atoms with E-state index in [0.29, 0.717) is 39.0 Å². The summed E-state index contributed by atoms with van der Waals surface area (Å²) in [5.41, 5.74) is 9.03. The fourth-order valence-electron chi connectivity index (χ4n) is 4.13. The van der Waals surface area contributed by atoms with Crippen LogP contribution in [0.1, 0.15) is 37.8 Å². The topological polar surface area (TPSA) is 66.6 Å². The number of nitrogen functional groups attached to an aromatic ring is 1. The van der Waals surface area contributed by atoms with Crippen LogP contribution in [0.15, 0.2) is 30.4 Å². The van der Waals surface area contributed by atoms with Gasteiger partial charge in [0, 0.05) is 31.9 Å². The van der Waals surface area contributed by atoms with E-state index < -0.39 is 0 Å². The number of fused-ring (bicyclic) bond motifs is 1. The molecule has 0 saturated heterocycles. The van der Waals surface area contributed by atoms with Crippen molar-refractivity contribution in [3.05, 3.63) is 41.5 Å². The molecule has 3 rings (SSSR count). The standard InChI is InChI=1S/C21H29N3O2/c1-3-23(4-2)20(25)18-7-5-6-8-19(18)21(26)24-12-11-15-13-17(22)10-9-16(15)14-24/h5-6,9-10,13,18-19H,3-4,7-8,11-12,14,22H2,1-2H3. The van der Waals surface area contributed by atoms with Crippen LogP contribution < -0.4 is 5.73 Å². The van der Waals surface area contributed by atoms with Crippen LogP contribution in [-0.2, 0) is 22.6 Å². The van der Waals surface area contributed by atoms with Crippen LogP contribution >= 0.6 is 0 Å². The van der Waals surface area contributed by atoms with Crippen LogP contribution in [0.25, 0.3) is 0 Å². The molecule has 140 valence electrons. The van der Waals surface area contributed by atoms with Crippen molar-refractivity contribution in [2.24, 2.45) is 11.8 Å². The van der Waals surface area contributed by atoms with Gasteiger partial charge in [0.2, 0.25) is 11.8 Å². The van der Waals surface area contributed by atoms with Crippen LogP contribution in [0, 0.1) is 11.8 Å². The number of nitrogens with zero attached hydrogens (tertiary/aromatic N) is 2. The van der Waals surface area contributed by atoms with Gasteiger partial charge in [-0.1, -0.05) is 18.2 Å². The fourth-order valence-corrected chi connectivity index (χ4v) is 4.13. The third kappa shape index (κ3) is 3.62.